The van der Waals surface area contributed by atoms with Crippen molar-refractivity contribution in [1.82, 2.24) is 29.9 Å². The number of methoxy groups -OCH3 is 2. The van der Waals surface area contributed by atoms with Crippen LogP contribution in [-0.2, 0) is 22.6 Å². The van der Waals surface area contributed by atoms with Gasteiger partial charge in [0.15, 0.2) is 0 Å². The molecule has 0 atom stereocenters. The van der Waals surface area contributed by atoms with Crippen LogP contribution in [0.5, 0.6) is 5.75 Å². The van der Waals surface area contributed by atoms with Crippen LogP contribution in [0, 0.1) is 5.82 Å². The van der Waals surface area contributed by atoms with Crippen molar-refractivity contribution in [2.75, 3.05) is 45.8 Å². The average molecular weight is 592 g/mol. The van der Waals surface area contributed by atoms with E-state index >= 15 is 0 Å². The second kappa shape index (κ2) is 14.1. The van der Waals surface area contributed by atoms with Crippen LogP contribution in [0.15, 0.2) is 73.2 Å². The molecule has 0 spiro atoms. The van der Waals surface area contributed by atoms with E-state index in [0.29, 0.717) is 41.9 Å². The maximum Gasteiger partial charge on any atom is 0.141 e. The smallest absolute Gasteiger partial charge is 0.141 e. The molecule has 0 aliphatic heterocycles. The number of anilines is 2. The Balaban J connectivity index is 1.31. The van der Waals surface area contributed by atoms with Crippen molar-refractivity contribution in [3.05, 3.63) is 95.3 Å². The molecule has 0 saturated heterocycles. The molecule has 5 rings (SSSR count). The largest absolute Gasteiger partial charge is 0.487 e. The van der Waals surface area contributed by atoms with E-state index in [1.54, 1.807) is 43.2 Å². The van der Waals surface area contributed by atoms with Gasteiger partial charge in [0.2, 0.25) is 0 Å². The van der Waals surface area contributed by atoms with Crippen LogP contribution in [0.2, 0.25) is 5.02 Å². The molecule has 0 aliphatic rings. The van der Waals surface area contributed by atoms with E-state index in [1.807, 2.05) is 30.5 Å². The summed E-state index contributed by atoms with van der Waals surface area (Å²) >= 11 is 6.50. The van der Waals surface area contributed by atoms with Crippen molar-refractivity contribution in [1.29, 1.82) is 0 Å². The summed E-state index contributed by atoms with van der Waals surface area (Å²) < 4.78 is 31.5. The summed E-state index contributed by atoms with van der Waals surface area (Å²) in [7, 11) is 3.37. The number of ether oxygens (including phenoxy) is 3. The quantitative estimate of drug-likeness (QED) is 0.181. The van der Waals surface area contributed by atoms with Crippen LogP contribution < -0.4 is 10.1 Å². The third-order valence-corrected chi connectivity index (χ3v) is 6.81. The molecule has 5 aromatic rings. The second-order valence-electron chi connectivity index (χ2n) is 9.53. The number of nitrogens with zero attached hydrogens (tertiary/aromatic N) is 6. The van der Waals surface area contributed by atoms with Crippen molar-refractivity contribution in [2.24, 2.45) is 0 Å². The number of hydrogen-bond acceptors (Lipinski definition) is 9. The normalized spacial score (nSPS) is 11.4. The van der Waals surface area contributed by atoms with Gasteiger partial charge in [-0.15, -0.1) is 5.10 Å². The fourth-order valence-corrected chi connectivity index (χ4v) is 4.58. The predicted molar refractivity (Wildman–Crippen MR) is 159 cm³/mol. The Labute approximate surface area is 248 Å². The molecule has 218 valence electrons. The van der Waals surface area contributed by atoms with Gasteiger partial charge in [0.25, 0.3) is 0 Å². The minimum Gasteiger partial charge on any atom is -0.487 e. The minimum atomic E-state index is -0.311. The van der Waals surface area contributed by atoms with Gasteiger partial charge in [-0.1, -0.05) is 28.9 Å². The first kappa shape index (κ1) is 29.3. The Kier molecular flexibility index (Phi) is 9.88. The highest BCUT2D eigenvalue weighted by Crippen LogP contribution is 2.31. The number of benzene rings is 3. The standard InChI is InChI=1S/C30H31ClFN7O3/c1-40-12-10-38(11-13-41-2)17-24-18-39(37-36-24)25-7-8-28-26(16-25)30(34-20-33-28)35-23-6-9-29(27(31)15-23)42-19-21-4-3-5-22(32)14-21/h3-9,14-16,18,20H,10-13,17,19H2,1-2H3,(H,33,34,35). The van der Waals surface area contributed by atoms with E-state index in [9.17, 15) is 4.39 Å². The van der Waals surface area contributed by atoms with Crippen LogP contribution >= 0.6 is 11.6 Å². The number of aromatic nitrogens is 5. The molecule has 0 aliphatic carbocycles. The first-order chi connectivity index (χ1) is 20.5. The van der Waals surface area contributed by atoms with Gasteiger partial charge in [0.05, 0.1) is 41.3 Å². The Morgan fingerprint density at radius 1 is 0.976 bits per heavy atom. The summed E-state index contributed by atoms with van der Waals surface area (Å²) in [5.41, 5.74) is 3.85. The third-order valence-electron chi connectivity index (χ3n) is 6.51. The van der Waals surface area contributed by atoms with Crippen LogP contribution in [0.25, 0.3) is 16.6 Å². The SMILES string of the molecule is COCCN(CCOC)Cc1cn(-c2ccc3ncnc(Nc4ccc(OCc5cccc(F)c5)c(Cl)c4)c3c2)nn1. The molecular formula is C30H31ClFN7O3. The zero-order valence-corrected chi connectivity index (χ0v) is 24.1. The molecule has 0 radical (unpaired) electrons. The molecule has 1 N–H and O–H groups in total. The van der Waals surface area contributed by atoms with Crippen LogP contribution in [0.1, 0.15) is 11.3 Å². The molecule has 0 fully saturated rings. The Morgan fingerprint density at radius 2 is 1.81 bits per heavy atom. The first-order valence-corrected chi connectivity index (χ1v) is 13.7. The topological polar surface area (TPSA) is 99.5 Å². The Morgan fingerprint density at radius 3 is 2.57 bits per heavy atom. The molecule has 2 aromatic heterocycles. The fourth-order valence-electron chi connectivity index (χ4n) is 4.34. The highest BCUT2D eigenvalue weighted by Gasteiger charge is 2.12. The highest BCUT2D eigenvalue weighted by atomic mass is 35.5. The molecule has 0 bridgehead atoms. The van der Waals surface area contributed by atoms with Gasteiger partial charge in [-0.2, -0.15) is 0 Å². The van der Waals surface area contributed by atoms with E-state index in [-0.39, 0.29) is 12.4 Å². The molecule has 2 heterocycles. The summed E-state index contributed by atoms with van der Waals surface area (Å²) in [6.07, 6.45) is 3.41. The van der Waals surface area contributed by atoms with Crippen LogP contribution in [0.4, 0.5) is 15.9 Å². The lowest BCUT2D eigenvalue weighted by atomic mass is 10.2. The highest BCUT2D eigenvalue weighted by molar-refractivity contribution is 6.32. The lowest BCUT2D eigenvalue weighted by molar-refractivity contribution is 0.109. The van der Waals surface area contributed by atoms with Crippen LogP contribution in [-0.4, -0.2) is 70.4 Å². The van der Waals surface area contributed by atoms with E-state index in [1.165, 1.54) is 18.5 Å². The summed E-state index contributed by atoms with van der Waals surface area (Å²) in [6, 6.07) is 17.4. The molecule has 42 heavy (non-hydrogen) atoms. The van der Waals surface area contributed by atoms with Gasteiger partial charge in [-0.3, -0.25) is 4.90 Å². The van der Waals surface area contributed by atoms with Crippen molar-refractivity contribution >= 4 is 34.0 Å². The summed E-state index contributed by atoms with van der Waals surface area (Å²) in [6.45, 7) is 3.59. The first-order valence-electron chi connectivity index (χ1n) is 13.3. The zero-order valence-electron chi connectivity index (χ0n) is 23.3. The molecule has 0 unspecified atom stereocenters. The molecule has 3 aromatic carbocycles. The Bertz CT molecular complexity index is 1630. The van der Waals surface area contributed by atoms with Crippen molar-refractivity contribution < 1.29 is 18.6 Å². The molecule has 10 nitrogen and oxygen atoms in total. The van der Waals surface area contributed by atoms with Gasteiger partial charge >= 0.3 is 0 Å². The van der Waals surface area contributed by atoms with Gasteiger partial charge in [-0.25, -0.2) is 19.0 Å². The van der Waals surface area contributed by atoms with Gasteiger partial charge < -0.3 is 19.5 Å². The Hall–Kier alpha value is -4.16. The van der Waals surface area contributed by atoms with E-state index in [0.717, 1.165) is 41.1 Å². The van der Waals surface area contributed by atoms with Crippen molar-refractivity contribution in [3.63, 3.8) is 0 Å². The maximum absolute atomic E-state index is 13.5. The second-order valence-corrected chi connectivity index (χ2v) is 9.94. The number of fused-ring (bicyclic) bond motifs is 1. The third kappa shape index (κ3) is 7.56. The van der Waals surface area contributed by atoms with E-state index in [4.69, 9.17) is 25.8 Å². The predicted octanol–water partition coefficient (Wildman–Crippen LogP) is 5.42. The average Bonchev–Trinajstić information content (AvgIpc) is 3.46. The van der Waals surface area contributed by atoms with E-state index in [2.05, 4.69) is 30.5 Å². The van der Waals surface area contributed by atoms with Crippen molar-refractivity contribution in [2.45, 2.75) is 13.2 Å². The van der Waals surface area contributed by atoms with Gasteiger partial charge in [-0.05, 0) is 54.1 Å². The maximum atomic E-state index is 13.5. The van der Waals surface area contributed by atoms with Crippen LogP contribution in [0.3, 0.4) is 0 Å². The summed E-state index contributed by atoms with van der Waals surface area (Å²) in [4.78, 5) is 11.1. The summed E-state index contributed by atoms with van der Waals surface area (Å²) in [5, 5.41) is 13.3. The molecule has 12 heteroatoms. The van der Waals surface area contributed by atoms with Gasteiger partial charge in [0.1, 0.15) is 30.3 Å². The number of nitrogens with one attached hydrogen (secondary N) is 1. The zero-order chi connectivity index (χ0) is 29.3. The van der Waals surface area contributed by atoms with Gasteiger partial charge in [0, 0.05) is 44.9 Å². The molecule has 0 amide bonds. The van der Waals surface area contributed by atoms with E-state index < -0.39 is 0 Å². The summed E-state index contributed by atoms with van der Waals surface area (Å²) in [5.74, 6) is 0.789. The lowest BCUT2D eigenvalue weighted by Crippen LogP contribution is -2.30. The fraction of sp³-hybridized carbons (Fsp3) is 0.267. The minimum absolute atomic E-state index is 0.200. The van der Waals surface area contributed by atoms with Crippen molar-refractivity contribution in [3.8, 4) is 11.4 Å². The molecule has 0 saturated carbocycles. The number of halogens is 2. The lowest BCUT2D eigenvalue weighted by Gasteiger charge is -2.19. The number of rotatable bonds is 14. The molecular weight excluding hydrogens is 561 g/mol. The monoisotopic (exact) mass is 591 g/mol. The number of hydrogen-bond donors (Lipinski definition) is 1.